The third-order valence-electron chi connectivity index (χ3n) is 6.67. The summed E-state index contributed by atoms with van der Waals surface area (Å²) >= 11 is 0. The van der Waals surface area contributed by atoms with Crippen molar-refractivity contribution in [2.24, 2.45) is 5.73 Å². The van der Waals surface area contributed by atoms with E-state index in [2.05, 4.69) is 21.3 Å². The molecule has 0 spiro atoms. The molecule has 2 aliphatic heterocycles. The summed E-state index contributed by atoms with van der Waals surface area (Å²) in [6, 6.07) is 8.47. The number of fused-ring (bicyclic) bond motifs is 3. The third-order valence-corrected chi connectivity index (χ3v) is 6.67. The molecule has 2 aromatic rings. The second-order valence-electron chi connectivity index (χ2n) is 8.65. The van der Waals surface area contributed by atoms with Crippen molar-refractivity contribution in [2.45, 2.75) is 57.2 Å². The largest absolute Gasteiger partial charge is 0.381 e. The smallest absolute Gasteiger partial charge is 0.254 e. The lowest BCUT2D eigenvalue weighted by molar-refractivity contribution is 0.0583. The first-order valence-electron chi connectivity index (χ1n) is 10.7. The van der Waals surface area contributed by atoms with Crippen molar-refractivity contribution in [3.8, 4) is 0 Å². The number of pyridine rings is 1. The van der Waals surface area contributed by atoms with Gasteiger partial charge in [0.25, 0.3) is 11.8 Å². The quantitative estimate of drug-likeness (QED) is 0.821. The molecule has 1 aromatic heterocycles. The van der Waals surface area contributed by atoms with Crippen LogP contribution >= 0.6 is 0 Å². The fourth-order valence-electron chi connectivity index (χ4n) is 5.21. The Morgan fingerprint density at radius 3 is 2.50 bits per heavy atom. The highest BCUT2D eigenvalue weighted by atomic mass is 16.2. The van der Waals surface area contributed by atoms with Gasteiger partial charge in [-0.25, -0.2) is 0 Å². The fourth-order valence-corrected chi connectivity index (χ4v) is 5.21. The molecule has 5 rings (SSSR count). The molecular formula is C24H26N4O2. The number of rotatable bonds is 4. The molecule has 0 radical (unpaired) electrons. The van der Waals surface area contributed by atoms with Gasteiger partial charge in [0.1, 0.15) is 0 Å². The van der Waals surface area contributed by atoms with Gasteiger partial charge in [-0.3, -0.25) is 14.6 Å². The molecule has 1 aliphatic carbocycles. The van der Waals surface area contributed by atoms with Crippen LogP contribution in [-0.2, 0) is 6.42 Å². The van der Waals surface area contributed by atoms with Crippen molar-refractivity contribution in [3.63, 3.8) is 0 Å². The van der Waals surface area contributed by atoms with Crippen LogP contribution in [0.4, 0.5) is 5.69 Å². The molecule has 2 atom stereocenters. The third kappa shape index (κ3) is 3.16. The number of carbonyl (C=O) groups is 2. The van der Waals surface area contributed by atoms with Crippen molar-refractivity contribution < 1.29 is 9.59 Å². The Hall–Kier alpha value is -3.15. The summed E-state index contributed by atoms with van der Waals surface area (Å²) in [6.45, 7) is 2.03. The number of piperidine rings is 1. The predicted octanol–water partition coefficient (Wildman–Crippen LogP) is 3.31. The van der Waals surface area contributed by atoms with Gasteiger partial charge in [-0.05, 0) is 44.7 Å². The lowest BCUT2D eigenvalue weighted by Gasteiger charge is -2.40. The molecule has 3 aliphatic rings. The van der Waals surface area contributed by atoms with E-state index in [1.807, 2.05) is 37.3 Å². The number of amides is 2. The lowest BCUT2D eigenvalue weighted by atomic mass is 9.95. The fraction of sp³-hybridized carbons (Fsp3) is 0.375. The summed E-state index contributed by atoms with van der Waals surface area (Å²) in [5.74, 6) is -0.338. The zero-order chi connectivity index (χ0) is 20.8. The molecule has 1 aromatic carbocycles. The van der Waals surface area contributed by atoms with E-state index in [4.69, 9.17) is 5.73 Å². The van der Waals surface area contributed by atoms with E-state index < -0.39 is 5.91 Å². The van der Waals surface area contributed by atoms with E-state index in [0.29, 0.717) is 5.56 Å². The molecule has 0 saturated carbocycles. The maximum atomic E-state index is 13.2. The zero-order valence-corrected chi connectivity index (χ0v) is 17.1. The Balaban J connectivity index is 1.37. The molecule has 2 amide bonds. The van der Waals surface area contributed by atoms with Crippen LogP contribution in [0.3, 0.4) is 0 Å². The van der Waals surface area contributed by atoms with Crippen molar-refractivity contribution in [1.82, 2.24) is 9.88 Å². The number of nitrogens with one attached hydrogen (secondary N) is 1. The SMILES string of the molecule is Cc1ccc(C(=O)N2[C@H]3CC[C@H]2CC(Nc2c(C(N)=O)cnc4c2C=CC4)C3)cc1. The highest BCUT2D eigenvalue weighted by molar-refractivity contribution is 6.00. The number of hydrogen-bond acceptors (Lipinski definition) is 4. The van der Waals surface area contributed by atoms with Crippen LogP contribution in [0.1, 0.15) is 63.2 Å². The number of anilines is 1. The van der Waals surface area contributed by atoms with Gasteiger partial charge in [-0.1, -0.05) is 29.8 Å². The minimum atomic E-state index is -0.469. The minimum Gasteiger partial charge on any atom is -0.381 e. The number of nitrogens with zero attached hydrogens (tertiary/aromatic N) is 2. The average molecular weight is 402 g/mol. The Bertz CT molecular complexity index is 1030. The molecule has 154 valence electrons. The van der Waals surface area contributed by atoms with E-state index in [0.717, 1.165) is 60.2 Å². The molecule has 0 unspecified atom stereocenters. The average Bonchev–Trinajstić information content (AvgIpc) is 3.31. The van der Waals surface area contributed by atoms with Crippen LogP contribution < -0.4 is 11.1 Å². The zero-order valence-electron chi connectivity index (χ0n) is 17.1. The van der Waals surface area contributed by atoms with Crippen molar-refractivity contribution in [3.05, 3.63) is 64.5 Å². The summed E-state index contributed by atoms with van der Waals surface area (Å²) in [5, 5.41) is 3.61. The maximum Gasteiger partial charge on any atom is 0.254 e. The number of allylic oxidation sites excluding steroid dienone is 1. The molecule has 3 heterocycles. The number of aryl methyl sites for hydroxylation is 1. The van der Waals surface area contributed by atoms with Crippen molar-refractivity contribution in [1.29, 1.82) is 0 Å². The van der Waals surface area contributed by atoms with Crippen LogP contribution in [-0.4, -0.2) is 39.8 Å². The molecule has 6 nitrogen and oxygen atoms in total. The highest BCUT2D eigenvalue weighted by Crippen LogP contribution is 2.39. The predicted molar refractivity (Wildman–Crippen MR) is 116 cm³/mol. The molecule has 6 heteroatoms. The first-order valence-corrected chi connectivity index (χ1v) is 10.7. The summed E-state index contributed by atoms with van der Waals surface area (Å²) in [5.41, 5.74) is 10.7. The molecular weight excluding hydrogens is 376 g/mol. The Morgan fingerprint density at radius 1 is 1.13 bits per heavy atom. The van der Waals surface area contributed by atoms with E-state index in [1.165, 1.54) is 0 Å². The van der Waals surface area contributed by atoms with Gasteiger partial charge in [0.05, 0.1) is 16.9 Å². The van der Waals surface area contributed by atoms with Crippen LogP contribution in [0.25, 0.3) is 6.08 Å². The first-order chi connectivity index (χ1) is 14.5. The van der Waals surface area contributed by atoms with Crippen LogP contribution in [0.15, 0.2) is 36.5 Å². The lowest BCUT2D eigenvalue weighted by Crippen LogP contribution is -2.49. The number of benzene rings is 1. The standard InChI is InChI=1S/C24H26N4O2/c1-14-5-7-15(8-6-14)24(30)28-17-9-10-18(28)12-16(11-17)27-22-19-3-2-4-21(19)26-13-20(22)23(25)29/h2-3,5-8,13,16-18H,4,9-12H2,1H3,(H2,25,29)(H,26,27)/t17-,18-/m0/s1. The second-order valence-corrected chi connectivity index (χ2v) is 8.65. The number of carbonyl (C=O) groups excluding carboxylic acids is 2. The van der Waals surface area contributed by atoms with Crippen LogP contribution in [0.5, 0.6) is 0 Å². The van der Waals surface area contributed by atoms with Gasteiger partial charge in [-0.15, -0.1) is 0 Å². The number of hydrogen-bond donors (Lipinski definition) is 2. The Morgan fingerprint density at radius 2 is 1.83 bits per heavy atom. The monoisotopic (exact) mass is 402 g/mol. The number of aromatic nitrogens is 1. The van der Waals surface area contributed by atoms with E-state index in [-0.39, 0.29) is 24.0 Å². The topological polar surface area (TPSA) is 88.3 Å². The van der Waals surface area contributed by atoms with E-state index in [9.17, 15) is 9.59 Å². The van der Waals surface area contributed by atoms with E-state index in [1.54, 1.807) is 6.20 Å². The summed E-state index contributed by atoms with van der Waals surface area (Å²) < 4.78 is 0. The van der Waals surface area contributed by atoms with Gasteiger partial charge in [0.2, 0.25) is 0 Å². The minimum absolute atomic E-state index is 0.131. The highest BCUT2D eigenvalue weighted by Gasteiger charge is 2.43. The summed E-state index contributed by atoms with van der Waals surface area (Å²) in [6.07, 6.45) is 10.2. The van der Waals surface area contributed by atoms with Gasteiger partial charge >= 0.3 is 0 Å². The van der Waals surface area contributed by atoms with Crippen LogP contribution in [0.2, 0.25) is 0 Å². The van der Waals surface area contributed by atoms with Crippen molar-refractivity contribution in [2.75, 3.05) is 5.32 Å². The van der Waals surface area contributed by atoms with E-state index >= 15 is 0 Å². The van der Waals surface area contributed by atoms with Crippen molar-refractivity contribution >= 4 is 23.6 Å². The van der Waals surface area contributed by atoms with Gasteiger partial charge in [0.15, 0.2) is 0 Å². The van der Waals surface area contributed by atoms with Gasteiger partial charge < -0.3 is 16.0 Å². The molecule has 2 saturated heterocycles. The Kier molecular flexibility index (Phi) is 4.57. The maximum absolute atomic E-state index is 13.2. The summed E-state index contributed by atoms with van der Waals surface area (Å²) in [7, 11) is 0. The normalized spacial score (nSPS) is 24.0. The van der Waals surface area contributed by atoms with Gasteiger partial charge in [0, 0.05) is 41.9 Å². The molecule has 3 N–H and O–H groups in total. The number of nitrogens with two attached hydrogens (primary N) is 1. The van der Waals surface area contributed by atoms with Crippen LogP contribution in [0, 0.1) is 6.92 Å². The summed E-state index contributed by atoms with van der Waals surface area (Å²) in [4.78, 5) is 31.6. The molecule has 30 heavy (non-hydrogen) atoms. The molecule has 2 bridgehead atoms. The Labute approximate surface area is 176 Å². The number of primary amides is 1. The first kappa shape index (κ1) is 18.9. The molecule has 2 fully saturated rings. The second kappa shape index (κ2) is 7.27. The van der Waals surface area contributed by atoms with Gasteiger partial charge in [-0.2, -0.15) is 0 Å².